The van der Waals surface area contributed by atoms with Crippen LogP contribution in [0.25, 0.3) is 0 Å². The number of nitrogens with zero attached hydrogens (tertiary/aromatic N) is 1. The standard InChI is InChI=1S/C14H20N2O2/c1-3-12(11-7-5-8-13(17)15-11)16(4-2)10-6-9-14(16)18/h3-4,11-12H,1-2,5-10H2/p+1. The summed E-state index contributed by atoms with van der Waals surface area (Å²) < 4.78 is 0.244. The number of likely N-dealkylation sites (tertiary alicyclic amines) is 1. The molecular weight excluding hydrogens is 228 g/mol. The first-order valence-corrected chi connectivity index (χ1v) is 6.60. The lowest BCUT2D eigenvalue weighted by Gasteiger charge is -2.39. The van der Waals surface area contributed by atoms with E-state index in [0.29, 0.717) is 12.8 Å². The molecule has 2 amide bonds. The molecule has 18 heavy (non-hydrogen) atoms. The molecular formula is C14H21N2O2+. The summed E-state index contributed by atoms with van der Waals surface area (Å²) in [5.41, 5.74) is 0. The summed E-state index contributed by atoms with van der Waals surface area (Å²) in [6, 6.07) is -0.0782. The summed E-state index contributed by atoms with van der Waals surface area (Å²) >= 11 is 0. The van der Waals surface area contributed by atoms with E-state index in [4.69, 9.17) is 0 Å². The lowest BCUT2D eigenvalue weighted by molar-refractivity contribution is -0.815. The summed E-state index contributed by atoms with van der Waals surface area (Å²) in [6.07, 6.45) is 7.38. The van der Waals surface area contributed by atoms with Gasteiger partial charge in [0.05, 0.1) is 25.2 Å². The Morgan fingerprint density at radius 3 is 2.56 bits per heavy atom. The average Bonchev–Trinajstić information content (AvgIpc) is 2.73. The van der Waals surface area contributed by atoms with Crippen molar-refractivity contribution in [2.45, 2.75) is 44.2 Å². The Kier molecular flexibility index (Phi) is 3.66. The molecule has 0 radical (unpaired) electrons. The molecule has 2 aliphatic rings. The normalized spacial score (nSPS) is 33.9. The van der Waals surface area contributed by atoms with Gasteiger partial charge in [0.25, 0.3) is 0 Å². The lowest BCUT2D eigenvalue weighted by atomic mass is 9.95. The van der Waals surface area contributed by atoms with Crippen LogP contribution in [0.4, 0.5) is 0 Å². The van der Waals surface area contributed by atoms with Gasteiger partial charge in [0.15, 0.2) is 0 Å². The first kappa shape index (κ1) is 13.0. The zero-order valence-electron chi connectivity index (χ0n) is 10.7. The number of piperidine rings is 1. The first-order chi connectivity index (χ1) is 8.64. The Hall–Kier alpha value is -1.42. The molecule has 3 unspecified atom stereocenters. The van der Waals surface area contributed by atoms with E-state index in [1.165, 1.54) is 0 Å². The van der Waals surface area contributed by atoms with Gasteiger partial charge in [-0.3, -0.25) is 4.79 Å². The molecule has 4 heteroatoms. The highest BCUT2D eigenvalue weighted by atomic mass is 16.2. The van der Waals surface area contributed by atoms with Crippen molar-refractivity contribution in [1.82, 2.24) is 5.32 Å². The molecule has 2 heterocycles. The molecule has 0 bridgehead atoms. The third-order valence-corrected chi connectivity index (χ3v) is 4.16. The molecule has 2 fully saturated rings. The monoisotopic (exact) mass is 249 g/mol. The first-order valence-electron chi connectivity index (χ1n) is 6.60. The Morgan fingerprint density at radius 2 is 2.06 bits per heavy atom. The van der Waals surface area contributed by atoms with E-state index in [9.17, 15) is 9.59 Å². The molecule has 0 aromatic carbocycles. The molecule has 0 aromatic heterocycles. The van der Waals surface area contributed by atoms with Crippen LogP contribution in [0, 0.1) is 0 Å². The van der Waals surface area contributed by atoms with Crippen molar-refractivity contribution >= 4 is 11.8 Å². The minimum Gasteiger partial charge on any atom is -0.347 e. The van der Waals surface area contributed by atoms with Gasteiger partial charge in [-0.1, -0.05) is 6.58 Å². The van der Waals surface area contributed by atoms with Gasteiger partial charge < -0.3 is 5.32 Å². The van der Waals surface area contributed by atoms with E-state index < -0.39 is 0 Å². The van der Waals surface area contributed by atoms with Gasteiger partial charge >= 0.3 is 5.91 Å². The van der Waals surface area contributed by atoms with Crippen LogP contribution in [0.2, 0.25) is 0 Å². The summed E-state index contributed by atoms with van der Waals surface area (Å²) in [5.74, 6) is 0.265. The van der Waals surface area contributed by atoms with Crippen LogP contribution in [0.1, 0.15) is 32.1 Å². The van der Waals surface area contributed by atoms with E-state index in [-0.39, 0.29) is 28.4 Å². The third kappa shape index (κ3) is 2.01. The average molecular weight is 249 g/mol. The van der Waals surface area contributed by atoms with Crippen LogP contribution in [0.15, 0.2) is 25.4 Å². The number of carbonyl (C=O) groups excluding carboxylic acids is 2. The van der Waals surface area contributed by atoms with Crippen LogP contribution < -0.4 is 5.32 Å². The Bertz CT molecular complexity index is 391. The quantitative estimate of drug-likeness (QED) is 0.606. The van der Waals surface area contributed by atoms with Gasteiger partial charge in [-0.05, 0) is 25.5 Å². The number of carbonyl (C=O) groups is 2. The van der Waals surface area contributed by atoms with Crippen molar-refractivity contribution in [2.75, 3.05) is 6.54 Å². The highest BCUT2D eigenvalue weighted by Gasteiger charge is 2.48. The molecule has 3 atom stereocenters. The fourth-order valence-corrected chi connectivity index (χ4v) is 3.22. The van der Waals surface area contributed by atoms with Gasteiger partial charge in [0.2, 0.25) is 5.91 Å². The molecule has 0 aliphatic carbocycles. The van der Waals surface area contributed by atoms with Gasteiger partial charge in [-0.15, -0.1) is 0 Å². The Morgan fingerprint density at radius 1 is 1.28 bits per heavy atom. The fraction of sp³-hybridized carbons (Fsp3) is 0.571. The number of rotatable bonds is 4. The largest absolute Gasteiger partial charge is 0.347 e. The van der Waals surface area contributed by atoms with Crippen LogP contribution in [0.3, 0.4) is 0 Å². The highest BCUT2D eigenvalue weighted by molar-refractivity contribution is 5.77. The fourth-order valence-electron chi connectivity index (χ4n) is 3.22. The van der Waals surface area contributed by atoms with Crippen LogP contribution in [-0.2, 0) is 9.59 Å². The second-order valence-corrected chi connectivity index (χ2v) is 5.13. The predicted octanol–water partition coefficient (Wildman–Crippen LogP) is 1.49. The Labute approximate surface area is 108 Å². The number of quaternary nitrogens is 1. The van der Waals surface area contributed by atoms with E-state index >= 15 is 0 Å². The van der Waals surface area contributed by atoms with E-state index in [1.807, 2.05) is 0 Å². The SMILES string of the molecule is C=CC(C1CCCC(=O)N1)[N+]1(C=C)CCCC1=O. The molecule has 1 N–H and O–H groups in total. The predicted molar refractivity (Wildman–Crippen MR) is 69.3 cm³/mol. The third-order valence-electron chi connectivity index (χ3n) is 4.16. The van der Waals surface area contributed by atoms with Crippen molar-refractivity contribution in [1.29, 1.82) is 0 Å². The Balaban J connectivity index is 2.26. The molecule has 2 saturated heterocycles. The topological polar surface area (TPSA) is 46.2 Å². The minimum absolute atomic E-state index is 0.00352. The molecule has 0 aromatic rings. The van der Waals surface area contributed by atoms with Gasteiger partial charge in [-0.2, -0.15) is 0 Å². The maximum Gasteiger partial charge on any atom is 0.319 e. The van der Waals surface area contributed by atoms with Gasteiger partial charge in [-0.25, -0.2) is 9.28 Å². The second-order valence-electron chi connectivity index (χ2n) is 5.13. The molecule has 2 aliphatic heterocycles. The second kappa shape index (κ2) is 5.06. The summed E-state index contributed by atoms with van der Waals surface area (Å²) in [5, 5.41) is 3.00. The van der Waals surface area contributed by atoms with Crippen molar-refractivity contribution in [3.63, 3.8) is 0 Å². The summed E-state index contributed by atoms with van der Waals surface area (Å²) in [4.78, 5) is 23.7. The molecule has 0 saturated carbocycles. The van der Waals surface area contributed by atoms with E-state index in [0.717, 1.165) is 25.8 Å². The smallest absolute Gasteiger partial charge is 0.319 e. The zero-order valence-corrected chi connectivity index (χ0v) is 10.7. The number of hydrogen-bond donors (Lipinski definition) is 1. The maximum atomic E-state index is 12.2. The highest BCUT2D eigenvalue weighted by Crippen LogP contribution is 2.30. The van der Waals surface area contributed by atoms with Crippen LogP contribution in [-0.4, -0.2) is 34.9 Å². The molecule has 4 nitrogen and oxygen atoms in total. The molecule has 2 rings (SSSR count). The number of amides is 2. The van der Waals surface area contributed by atoms with Crippen LogP contribution in [0.5, 0.6) is 0 Å². The van der Waals surface area contributed by atoms with Gasteiger partial charge in [0, 0.05) is 12.8 Å². The number of nitrogens with one attached hydrogen (secondary N) is 1. The van der Waals surface area contributed by atoms with E-state index in [2.05, 4.69) is 18.5 Å². The van der Waals surface area contributed by atoms with Crippen molar-refractivity contribution in [3.05, 3.63) is 25.4 Å². The van der Waals surface area contributed by atoms with E-state index in [1.54, 1.807) is 12.3 Å². The molecule has 98 valence electrons. The van der Waals surface area contributed by atoms with Crippen molar-refractivity contribution in [3.8, 4) is 0 Å². The molecule has 0 spiro atoms. The minimum atomic E-state index is -0.0817. The summed E-state index contributed by atoms with van der Waals surface area (Å²) in [7, 11) is 0. The summed E-state index contributed by atoms with van der Waals surface area (Å²) in [6.45, 7) is 8.47. The lowest BCUT2D eigenvalue weighted by Crippen LogP contribution is -2.61. The van der Waals surface area contributed by atoms with Crippen molar-refractivity contribution < 1.29 is 14.1 Å². The van der Waals surface area contributed by atoms with Crippen LogP contribution >= 0.6 is 0 Å². The zero-order chi connectivity index (χ0) is 13.2. The number of hydrogen-bond acceptors (Lipinski definition) is 2. The van der Waals surface area contributed by atoms with Gasteiger partial charge in [0.1, 0.15) is 6.04 Å². The van der Waals surface area contributed by atoms with Crippen molar-refractivity contribution in [2.24, 2.45) is 0 Å². The maximum absolute atomic E-state index is 12.2.